The summed E-state index contributed by atoms with van der Waals surface area (Å²) >= 11 is 5.44. The Morgan fingerprint density at radius 1 is 1.18 bits per heavy atom. The molecule has 2 aliphatic carbocycles. The van der Waals surface area contributed by atoms with Crippen molar-refractivity contribution in [3.8, 4) is 5.69 Å². The molecule has 0 radical (unpaired) electrons. The Labute approximate surface area is 134 Å². The van der Waals surface area contributed by atoms with Gasteiger partial charge in [0.2, 0.25) is 0 Å². The van der Waals surface area contributed by atoms with E-state index in [4.69, 9.17) is 12.2 Å². The van der Waals surface area contributed by atoms with Gasteiger partial charge in [0.15, 0.2) is 5.11 Å². The molecule has 114 valence electrons. The van der Waals surface area contributed by atoms with Crippen molar-refractivity contribution < 1.29 is 0 Å². The van der Waals surface area contributed by atoms with E-state index in [9.17, 15) is 0 Å². The number of nitrogens with zero attached hydrogens (tertiary/aromatic N) is 4. The molecule has 2 fully saturated rings. The highest BCUT2D eigenvalue weighted by Gasteiger charge is 2.39. The third-order valence-corrected chi connectivity index (χ3v) is 5.01. The van der Waals surface area contributed by atoms with Crippen molar-refractivity contribution in [1.82, 2.24) is 25.5 Å². The van der Waals surface area contributed by atoms with E-state index < -0.39 is 0 Å². The fraction of sp³-hybridized carbons (Fsp3) is 0.467. The average Bonchev–Trinajstić information content (AvgIpc) is 3.25. The molecule has 0 amide bonds. The van der Waals surface area contributed by atoms with E-state index in [2.05, 4.69) is 26.2 Å². The lowest BCUT2D eigenvalue weighted by molar-refractivity contribution is 0.392. The van der Waals surface area contributed by atoms with Gasteiger partial charge in [-0.05, 0) is 78.0 Å². The molecular weight excluding hydrogens is 296 g/mol. The molecule has 1 heterocycles. The standard InChI is InChI=1S/C15H18N6S/c22-15(18-14-8-10-1-2-11(14)7-10)17-12-3-5-13(6-4-12)21-9-16-19-20-21/h3-6,9-11,14H,1-2,7-8H2,(H2,17,18,22)/t10-,11+,14-/m0/s1. The van der Waals surface area contributed by atoms with Gasteiger partial charge in [0.1, 0.15) is 6.33 Å². The van der Waals surface area contributed by atoms with E-state index in [1.54, 1.807) is 11.0 Å². The van der Waals surface area contributed by atoms with Crippen LogP contribution in [-0.4, -0.2) is 31.4 Å². The zero-order chi connectivity index (χ0) is 14.9. The molecule has 0 spiro atoms. The van der Waals surface area contributed by atoms with Gasteiger partial charge >= 0.3 is 0 Å². The lowest BCUT2D eigenvalue weighted by atomic mass is 9.96. The van der Waals surface area contributed by atoms with Crippen LogP contribution in [0.5, 0.6) is 0 Å². The minimum Gasteiger partial charge on any atom is -0.359 e. The molecule has 0 unspecified atom stereocenters. The fourth-order valence-corrected chi connectivity index (χ4v) is 4.00. The normalized spacial score (nSPS) is 26.1. The van der Waals surface area contributed by atoms with Crippen LogP contribution in [0.3, 0.4) is 0 Å². The number of thiocarbonyl (C=S) groups is 1. The maximum absolute atomic E-state index is 5.44. The first-order valence-electron chi connectivity index (χ1n) is 7.69. The predicted molar refractivity (Wildman–Crippen MR) is 87.7 cm³/mol. The highest BCUT2D eigenvalue weighted by atomic mass is 32.1. The summed E-state index contributed by atoms with van der Waals surface area (Å²) < 4.78 is 1.62. The number of anilines is 1. The maximum Gasteiger partial charge on any atom is 0.171 e. The van der Waals surface area contributed by atoms with Gasteiger partial charge in [0.25, 0.3) is 0 Å². The molecule has 2 saturated carbocycles. The molecule has 1 aromatic heterocycles. The first kappa shape index (κ1) is 13.6. The first-order valence-corrected chi connectivity index (χ1v) is 8.10. The van der Waals surface area contributed by atoms with Gasteiger partial charge in [0, 0.05) is 11.7 Å². The molecule has 2 N–H and O–H groups in total. The summed E-state index contributed by atoms with van der Waals surface area (Å²) in [5.74, 6) is 1.73. The SMILES string of the molecule is S=C(Nc1ccc(-n2cnnn2)cc1)N[C@H]1C[C@H]2CC[C@@H]1C2. The van der Waals surface area contributed by atoms with Crippen molar-refractivity contribution in [3.63, 3.8) is 0 Å². The van der Waals surface area contributed by atoms with E-state index in [1.165, 1.54) is 25.7 Å². The minimum absolute atomic E-state index is 0.555. The van der Waals surface area contributed by atoms with Gasteiger partial charge in [0.05, 0.1) is 5.69 Å². The second-order valence-electron chi connectivity index (χ2n) is 6.18. The molecule has 0 saturated heterocycles. The van der Waals surface area contributed by atoms with E-state index >= 15 is 0 Å². The van der Waals surface area contributed by atoms with Gasteiger partial charge in [-0.25, -0.2) is 4.68 Å². The number of hydrogen-bond acceptors (Lipinski definition) is 4. The summed E-state index contributed by atoms with van der Waals surface area (Å²) in [4.78, 5) is 0. The molecule has 3 atom stereocenters. The van der Waals surface area contributed by atoms with Crippen LogP contribution < -0.4 is 10.6 Å². The van der Waals surface area contributed by atoms with Crippen molar-refractivity contribution in [1.29, 1.82) is 0 Å². The number of hydrogen-bond donors (Lipinski definition) is 2. The van der Waals surface area contributed by atoms with E-state index in [0.717, 1.165) is 23.2 Å². The molecule has 6 nitrogen and oxygen atoms in total. The lowest BCUT2D eigenvalue weighted by Gasteiger charge is -2.24. The van der Waals surface area contributed by atoms with Crippen LogP contribution in [0.25, 0.3) is 5.69 Å². The number of aromatic nitrogens is 4. The van der Waals surface area contributed by atoms with Crippen LogP contribution in [0.4, 0.5) is 5.69 Å². The average molecular weight is 314 g/mol. The molecule has 2 aliphatic rings. The van der Waals surface area contributed by atoms with Crippen molar-refractivity contribution >= 4 is 23.0 Å². The predicted octanol–water partition coefficient (Wildman–Crippen LogP) is 2.14. The summed E-state index contributed by atoms with van der Waals surface area (Å²) in [5.41, 5.74) is 1.89. The van der Waals surface area contributed by atoms with Crippen LogP contribution in [0.2, 0.25) is 0 Å². The van der Waals surface area contributed by atoms with Crippen LogP contribution >= 0.6 is 12.2 Å². The second kappa shape index (κ2) is 5.64. The molecule has 0 aliphatic heterocycles. The number of benzene rings is 1. The third-order valence-electron chi connectivity index (χ3n) is 4.79. The Balaban J connectivity index is 1.35. The summed E-state index contributed by atoms with van der Waals surface area (Å²) in [6.07, 6.45) is 6.97. The second-order valence-corrected chi connectivity index (χ2v) is 6.59. The minimum atomic E-state index is 0.555. The molecule has 1 aromatic carbocycles. The molecule has 22 heavy (non-hydrogen) atoms. The van der Waals surface area contributed by atoms with Crippen molar-refractivity contribution in [3.05, 3.63) is 30.6 Å². The van der Waals surface area contributed by atoms with Gasteiger partial charge in [-0.1, -0.05) is 6.42 Å². The number of tetrazole rings is 1. The molecule has 2 bridgehead atoms. The summed E-state index contributed by atoms with van der Waals surface area (Å²) in [6, 6.07) is 8.43. The van der Waals surface area contributed by atoms with Gasteiger partial charge < -0.3 is 10.6 Å². The topological polar surface area (TPSA) is 67.7 Å². The Hall–Kier alpha value is -2.02. The highest BCUT2D eigenvalue weighted by Crippen LogP contribution is 2.44. The number of nitrogens with one attached hydrogen (secondary N) is 2. The van der Waals surface area contributed by atoms with Crippen LogP contribution in [0, 0.1) is 11.8 Å². The van der Waals surface area contributed by atoms with Gasteiger partial charge in [-0.2, -0.15) is 0 Å². The molecule has 2 aromatic rings. The van der Waals surface area contributed by atoms with E-state index in [0.29, 0.717) is 11.2 Å². The fourth-order valence-electron chi connectivity index (χ4n) is 3.73. The zero-order valence-corrected chi connectivity index (χ0v) is 13.0. The maximum atomic E-state index is 5.44. The van der Waals surface area contributed by atoms with Crippen LogP contribution in [-0.2, 0) is 0 Å². The Morgan fingerprint density at radius 2 is 2.05 bits per heavy atom. The highest BCUT2D eigenvalue weighted by molar-refractivity contribution is 7.80. The lowest BCUT2D eigenvalue weighted by Crippen LogP contribution is -2.40. The zero-order valence-electron chi connectivity index (χ0n) is 12.1. The van der Waals surface area contributed by atoms with Gasteiger partial charge in [-0.15, -0.1) is 5.10 Å². The first-order chi connectivity index (χ1) is 10.8. The largest absolute Gasteiger partial charge is 0.359 e. The molecule has 7 heteroatoms. The quantitative estimate of drug-likeness (QED) is 0.846. The summed E-state index contributed by atoms with van der Waals surface area (Å²) in [6.45, 7) is 0. The third kappa shape index (κ3) is 2.68. The summed E-state index contributed by atoms with van der Waals surface area (Å²) in [7, 11) is 0. The van der Waals surface area contributed by atoms with Crippen LogP contribution in [0.1, 0.15) is 25.7 Å². The smallest absolute Gasteiger partial charge is 0.171 e. The van der Waals surface area contributed by atoms with Crippen molar-refractivity contribution in [2.75, 3.05) is 5.32 Å². The molecular formula is C15H18N6S. The number of fused-ring (bicyclic) bond motifs is 2. The Morgan fingerprint density at radius 3 is 2.68 bits per heavy atom. The Kier molecular flexibility index (Phi) is 3.49. The van der Waals surface area contributed by atoms with E-state index in [-0.39, 0.29) is 0 Å². The van der Waals surface area contributed by atoms with Crippen molar-refractivity contribution in [2.45, 2.75) is 31.7 Å². The number of rotatable bonds is 3. The monoisotopic (exact) mass is 314 g/mol. The Bertz CT molecular complexity index is 653. The van der Waals surface area contributed by atoms with E-state index in [1.807, 2.05) is 24.3 Å². The van der Waals surface area contributed by atoms with Crippen molar-refractivity contribution in [2.24, 2.45) is 11.8 Å². The van der Waals surface area contributed by atoms with Crippen LogP contribution in [0.15, 0.2) is 30.6 Å². The molecule has 4 rings (SSSR count). The summed E-state index contributed by atoms with van der Waals surface area (Å²) in [5, 5.41) is 18.6. The van der Waals surface area contributed by atoms with Gasteiger partial charge in [-0.3, -0.25) is 0 Å².